The fourth-order valence-corrected chi connectivity index (χ4v) is 2.97. The van der Waals surface area contributed by atoms with Gasteiger partial charge in [-0.05, 0) is 24.5 Å². The Bertz CT molecular complexity index is 477. The molecule has 3 N–H and O–H groups in total. The van der Waals surface area contributed by atoms with E-state index in [0.29, 0.717) is 12.2 Å². The largest absolute Gasteiger partial charge is 0.409 e. The fourth-order valence-electron chi connectivity index (χ4n) is 2.97. The third-order valence-electron chi connectivity index (χ3n) is 3.86. The highest BCUT2D eigenvalue weighted by molar-refractivity contribution is 5.97. The van der Waals surface area contributed by atoms with Gasteiger partial charge in [-0.2, -0.15) is 0 Å². The number of fused-ring (bicyclic) bond motifs is 2. The Morgan fingerprint density at radius 2 is 2.11 bits per heavy atom. The number of nitrogens with zero attached hydrogens (tertiary/aromatic N) is 2. The van der Waals surface area contributed by atoms with E-state index in [9.17, 15) is 0 Å². The average Bonchev–Trinajstić information content (AvgIpc) is 2.77. The van der Waals surface area contributed by atoms with Crippen LogP contribution in [0.2, 0.25) is 0 Å². The predicted molar refractivity (Wildman–Crippen MR) is 72.1 cm³/mol. The number of likely N-dealkylation sites (tertiary alicyclic amines) is 1. The minimum absolute atomic E-state index is 0.156. The summed E-state index contributed by atoms with van der Waals surface area (Å²) in [6.07, 6.45) is 3.19. The van der Waals surface area contributed by atoms with Gasteiger partial charge in [-0.25, -0.2) is 0 Å². The Balaban J connectivity index is 1.69. The molecular formula is C14H19N3O2. The SMILES string of the molecule is NC(=NO)c1cccc(CN2CC3CCC(C2)O3)c1. The van der Waals surface area contributed by atoms with Gasteiger partial charge in [0.05, 0.1) is 12.2 Å². The average molecular weight is 261 g/mol. The highest BCUT2D eigenvalue weighted by Gasteiger charge is 2.33. The molecule has 2 heterocycles. The normalized spacial score (nSPS) is 27.7. The summed E-state index contributed by atoms with van der Waals surface area (Å²) in [6.45, 7) is 2.90. The summed E-state index contributed by atoms with van der Waals surface area (Å²) in [5, 5.41) is 11.8. The molecule has 2 aliphatic heterocycles. The van der Waals surface area contributed by atoms with Gasteiger partial charge in [-0.1, -0.05) is 23.4 Å². The van der Waals surface area contributed by atoms with Gasteiger partial charge in [0.1, 0.15) is 0 Å². The number of hydrogen-bond acceptors (Lipinski definition) is 4. The van der Waals surface area contributed by atoms with Crippen LogP contribution in [0, 0.1) is 0 Å². The lowest BCUT2D eigenvalue weighted by atomic mass is 10.1. The van der Waals surface area contributed by atoms with E-state index in [1.54, 1.807) is 0 Å². The number of ether oxygens (including phenoxy) is 1. The molecule has 0 spiro atoms. The van der Waals surface area contributed by atoms with Crippen LogP contribution in [0.3, 0.4) is 0 Å². The van der Waals surface area contributed by atoms with Crippen LogP contribution >= 0.6 is 0 Å². The first-order chi connectivity index (χ1) is 9.24. The summed E-state index contributed by atoms with van der Waals surface area (Å²) in [4.78, 5) is 2.43. The molecule has 3 rings (SSSR count). The zero-order chi connectivity index (χ0) is 13.2. The summed E-state index contributed by atoms with van der Waals surface area (Å²) in [5.41, 5.74) is 7.56. The molecule has 2 aliphatic rings. The summed E-state index contributed by atoms with van der Waals surface area (Å²) in [6, 6.07) is 7.84. The minimum Gasteiger partial charge on any atom is -0.409 e. The lowest BCUT2D eigenvalue weighted by molar-refractivity contribution is -0.0410. The molecule has 0 aliphatic carbocycles. The van der Waals surface area contributed by atoms with E-state index in [2.05, 4.69) is 16.1 Å². The molecule has 5 nitrogen and oxygen atoms in total. The Hall–Kier alpha value is -1.59. The van der Waals surface area contributed by atoms with Gasteiger partial charge in [0, 0.05) is 25.2 Å². The van der Waals surface area contributed by atoms with Gasteiger partial charge in [-0.3, -0.25) is 4.90 Å². The highest BCUT2D eigenvalue weighted by Crippen LogP contribution is 2.27. The van der Waals surface area contributed by atoms with Crippen LogP contribution < -0.4 is 5.73 Å². The smallest absolute Gasteiger partial charge is 0.170 e. The van der Waals surface area contributed by atoms with Gasteiger partial charge in [0.25, 0.3) is 0 Å². The monoisotopic (exact) mass is 261 g/mol. The van der Waals surface area contributed by atoms with Crippen LogP contribution in [-0.4, -0.2) is 41.2 Å². The maximum atomic E-state index is 8.71. The molecule has 2 fully saturated rings. The van der Waals surface area contributed by atoms with E-state index >= 15 is 0 Å². The van der Waals surface area contributed by atoms with Crippen LogP contribution in [0.5, 0.6) is 0 Å². The molecule has 5 heteroatoms. The van der Waals surface area contributed by atoms with Crippen molar-refractivity contribution in [2.45, 2.75) is 31.6 Å². The zero-order valence-electron chi connectivity index (χ0n) is 10.8. The lowest BCUT2D eigenvalue weighted by Gasteiger charge is -2.32. The van der Waals surface area contributed by atoms with Crippen LogP contribution in [0.15, 0.2) is 29.4 Å². The quantitative estimate of drug-likeness (QED) is 0.370. The molecule has 2 atom stereocenters. The van der Waals surface area contributed by atoms with Crippen molar-refractivity contribution in [2.24, 2.45) is 10.9 Å². The Kier molecular flexibility index (Phi) is 3.40. The second kappa shape index (κ2) is 5.19. The molecule has 102 valence electrons. The maximum absolute atomic E-state index is 8.71. The van der Waals surface area contributed by atoms with Gasteiger partial charge in [-0.15, -0.1) is 0 Å². The van der Waals surface area contributed by atoms with Crippen LogP contribution in [0.25, 0.3) is 0 Å². The Labute approximate surface area is 112 Å². The third-order valence-corrected chi connectivity index (χ3v) is 3.86. The number of morpholine rings is 1. The second-order valence-corrected chi connectivity index (χ2v) is 5.34. The first-order valence-electron chi connectivity index (χ1n) is 6.69. The maximum Gasteiger partial charge on any atom is 0.170 e. The molecule has 19 heavy (non-hydrogen) atoms. The number of oxime groups is 1. The van der Waals surface area contributed by atoms with Crippen molar-refractivity contribution in [1.29, 1.82) is 0 Å². The number of hydrogen-bond donors (Lipinski definition) is 2. The van der Waals surface area contributed by atoms with Gasteiger partial charge < -0.3 is 15.7 Å². The summed E-state index contributed by atoms with van der Waals surface area (Å²) in [7, 11) is 0. The predicted octanol–water partition coefficient (Wildman–Crippen LogP) is 1.14. The van der Waals surface area contributed by atoms with Crippen molar-refractivity contribution in [2.75, 3.05) is 13.1 Å². The molecule has 0 amide bonds. The molecule has 2 bridgehead atoms. The van der Waals surface area contributed by atoms with Crippen LogP contribution in [-0.2, 0) is 11.3 Å². The fraction of sp³-hybridized carbons (Fsp3) is 0.500. The molecule has 1 aromatic carbocycles. The second-order valence-electron chi connectivity index (χ2n) is 5.34. The van der Waals surface area contributed by atoms with Crippen molar-refractivity contribution in [3.63, 3.8) is 0 Å². The van der Waals surface area contributed by atoms with Gasteiger partial charge in [0.2, 0.25) is 0 Å². The number of amidine groups is 1. The van der Waals surface area contributed by atoms with E-state index in [1.807, 2.05) is 18.2 Å². The van der Waals surface area contributed by atoms with Crippen molar-refractivity contribution in [3.05, 3.63) is 35.4 Å². The number of rotatable bonds is 3. The summed E-state index contributed by atoms with van der Waals surface area (Å²) < 4.78 is 5.83. The summed E-state index contributed by atoms with van der Waals surface area (Å²) in [5.74, 6) is 0.156. The third kappa shape index (κ3) is 2.72. The van der Waals surface area contributed by atoms with Crippen LogP contribution in [0.1, 0.15) is 24.0 Å². The van der Waals surface area contributed by atoms with E-state index in [1.165, 1.54) is 18.4 Å². The van der Waals surface area contributed by atoms with E-state index in [4.69, 9.17) is 15.7 Å². The van der Waals surface area contributed by atoms with E-state index in [-0.39, 0.29) is 5.84 Å². The first kappa shape index (κ1) is 12.4. The standard InChI is InChI=1S/C14H19N3O2/c15-14(16-18)11-3-1-2-10(6-11)7-17-8-12-4-5-13(9-17)19-12/h1-3,6,12-13,18H,4-5,7-9H2,(H2,15,16). The molecule has 0 radical (unpaired) electrons. The number of benzene rings is 1. The molecule has 2 saturated heterocycles. The Morgan fingerprint density at radius 1 is 1.37 bits per heavy atom. The highest BCUT2D eigenvalue weighted by atomic mass is 16.5. The van der Waals surface area contributed by atoms with Gasteiger partial charge in [0.15, 0.2) is 5.84 Å². The molecule has 1 aromatic rings. The molecule has 0 saturated carbocycles. The van der Waals surface area contributed by atoms with Crippen molar-refractivity contribution in [3.8, 4) is 0 Å². The topological polar surface area (TPSA) is 71.1 Å². The molecule has 0 aromatic heterocycles. The van der Waals surface area contributed by atoms with Crippen molar-refractivity contribution < 1.29 is 9.94 Å². The lowest BCUT2D eigenvalue weighted by Crippen LogP contribution is -2.41. The van der Waals surface area contributed by atoms with Crippen molar-refractivity contribution >= 4 is 5.84 Å². The number of nitrogens with two attached hydrogens (primary N) is 1. The minimum atomic E-state index is 0.156. The van der Waals surface area contributed by atoms with E-state index < -0.39 is 0 Å². The van der Waals surface area contributed by atoms with Crippen molar-refractivity contribution in [1.82, 2.24) is 4.90 Å². The Morgan fingerprint density at radius 3 is 2.79 bits per heavy atom. The molecule has 2 unspecified atom stereocenters. The molecular weight excluding hydrogens is 242 g/mol. The zero-order valence-corrected chi connectivity index (χ0v) is 10.8. The summed E-state index contributed by atoms with van der Waals surface area (Å²) >= 11 is 0. The first-order valence-corrected chi connectivity index (χ1v) is 6.69. The van der Waals surface area contributed by atoms with Crippen LogP contribution in [0.4, 0.5) is 0 Å². The van der Waals surface area contributed by atoms with E-state index in [0.717, 1.165) is 25.2 Å². The van der Waals surface area contributed by atoms with Gasteiger partial charge >= 0.3 is 0 Å².